The maximum Gasteiger partial charge on any atom is 0.225 e. The van der Waals surface area contributed by atoms with Gasteiger partial charge in [-0.1, -0.05) is 54.6 Å². The van der Waals surface area contributed by atoms with Gasteiger partial charge in [-0.05, 0) is 68.1 Å². The Morgan fingerprint density at radius 2 is 1.85 bits per heavy atom. The lowest BCUT2D eigenvalue weighted by molar-refractivity contribution is -0.140. The average molecular weight is 465 g/mol. The van der Waals surface area contributed by atoms with Crippen LogP contribution >= 0.6 is 0 Å². The van der Waals surface area contributed by atoms with Crippen molar-refractivity contribution in [1.82, 2.24) is 4.90 Å². The van der Waals surface area contributed by atoms with E-state index in [2.05, 4.69) is 24.3 Å². The number of unbranched alkanes of at least 4 members (excludes halogenated alkanes) is 1. The van der Waals surface area contributed by atoms with Crippen molar-refractivity contribution >= 4 is 5.91 Å². The Hall–Kier alpha value is -2.21. The summed E-state index contributed by atoms with van der Waals surface area (Å²) in [5, 5.41) is 12.5. The van der Waals surface area contributed by atoms with Crippen molar-refractivity contribution in [2.24, 2.45) is 17.6 Å². The molecule has 2 aromatic carbocycles. The second-order valence-corrected chi connectivity index (χ2v) is 10.2. The fourth-order valence-corrected chi connectivity index (χ4v) is 6.00. The van der Waals surface area contributed by atoms with Gasteiger partial charge in [0.25, 0.3) is 0 Å². The van der Waals surface area contributed by atoms with Gasteiger partial charge in [-0.15, -0.1) is 0 Å². The third-order valence-corrected chi connectivity index (χ3v) is 7.87. The molecule has 0 bridgehead atoms. The zero-order valence-electron chi connectivity index (χ0n) is 20.5. The highest BCUT2D eigenvalue weighted by atomic mass is 16.5. The van der Waals surface area contributed by atoms with Gasteiger partial charge in [0.15, 0.2) is 0 Å². The number of hydrogen-bond acceptors (Lipinski definition) is 4. The number of nitrogens with zero attached hydrogens (tertiary/aromatic N) is 1. The van der Waals surface area contributed by atoms with E-state index < -0.39 is 5.60 Å². The second-order valence-electron chi connectivity index (χ2n) is 10.2. The molecule has 1 unspecified atom stereocenters. The molecule has 2 aromatic rings. The number of nitrogens with two attached hydrogens (primary N) is 1. The molecular formula is C29H40N2O3. The average Bonchev–Trinajstić information content (AvgIpc) is 3.33. The van der Waals surface area contributed by atoms with Crippen LogP contribution in [-0.2, 0) is 15.1 Å². The number of aliphatic hydroxyl groups is 1. The van der Waals surface area contributed by atoms with Crippen molar-refractivity contribution in [2.75, 3.05) is 26.8 Å². The normalized spacial score (nSPS) is 24.7. The van der Waals surface area contributed by atoms with Gasteiger partial charge in [-0.25, -0.2) is 0 Å². The summed E-state index contributed by atoms with van der Waals surface area (Å²) < 4.78 is 5.27. The molecule has 1 aliphatic heterocycles. The number of methoxy groups -OCH3 is 1. The molecule has 0 spiro atoms. The molecule has 3 N–H and O–H groups in total. The van der Waals surface area contributed by atoms with Crippen molar-refractivity contribution in [3.05, 3.63) is 60.2 Å². The van der Waals surface area contributed by atoms with Gasteiger partial charge in [-0.3, -0.25) is 4.79 Å². The second kappa shape index (κ2) is 11.5. The van der Waals surface area contributed by atoms with E-state index in [4.69, 9.17) is 10.5 Å². The number of piperidine rings is 1. The van der Waals surface area contributed by atoms with Gasteiger partial charge in [0.2, 0.25) is 5.91 Å². The third kappa shape index (κ3) is 5.54. The fourth-order valence-electron chi connectivity index (χ4n) is 6.00. The molecule has 184 valence electrons. The predicted molar refractivity (Wildman–Crippen MR) is 136 cm³/mol. The lowest BCUT2D eigenvalue weighted by Crippen LogP contribution is -2.49. The number of likely N-dealkylation sites (tertiary alicyclic amines) is 1. The van der Waals surface area contributed by atoms with Crippen molar-refractivity contribution in [2.45, 2.75) is 63.0 Å². The Balaban J connectivity index is 1.63. The van der Waals surface area contributed by atoms with E-state index in [0.29, 0.717) is 19.6 Å². The first kappa shape index (κ1) is 24.9. The summed E-state index contributed by atoms with van der Waals surface area (Å²) in [6.07, 6.45) is 6.87. The summed E-state index contributed by atoms with van der Waals surface area (Å²) in [6, 6.07) is 18.7. The van der Waals surface area contributed by atoms with E-state index in [0.717, 1.165) is 68.2 Å². The summed E-state index contributed by atoms with van der Waals surface area (Å²) in [5.41, 5.74) is 8.24. The molecular weight excluding hydrogens is 424 g/mol. The molecule has 1 heterocycles. The number of hydrogen-bond donors (Lipinski definition) is 2. The van der Waals surface area contributed by atoms with Gasteiger partial charge in [-0.2, -0.15) is 0 Å². The smallest absolute Gasteiger partial charge is 0.225 e. The van der Waals surface area contributed by atoms with Gasteiger partial charge in [0, 0.05) is 44.7 Å². The van der Waals surface area contributed by atoms with E-state index in [1.165, 1.54) is 0 Å². The first-order valence-electron chi connectivity index (χ1n) is 12.9. The van der Waals surface area contributed by atoms with E-state index in [9.17, 15) is 9.90 Å². The lowest BCUT2D eigenvalue weighted by Gasteiger charge is -2.44. The topological polar surface area (TPSA) is 75.8 Å². The Bertz CT molecular complexity index is 934. The van der Waals surface area contributed by atoms with Crippen LogP contribution in [-0.4, -0.2) is 48.8 Å². The molecule has 1 saturated heterocycles. The SMILES string of the molecule is COCCCC[C@@](O)(c1ccccc1-c1ccccc1)[C@@H]1CCCN(C(=O)C2CC[C@H](N)C2)C1. The Kier molecular flexibility index (Phi) is 8.41. The molecule has 5 nitrogen and oxygen atoms in total. The number of ether oxygens (including phenoxy) is 1. The van der Waals surface area contributed by atoms with Crippen LogP contribution < -0.4 is 5.73 Å². The third-order valence-electron chi connectivity index (χ3n) is 7.87. The maximum absolute atomic E-state index is 13.3. The highest BCUT2D eigenvalue weighted by Gasteiger charge is 2.43. The van der Waals surface area contributed by atoms with E-state index in [-0.39, 0.29) is 23.8 Å². The zero-order chi connectivity index (χ0) is 24.0. The monoisotopic (exact) mass is 464 g/mol. The maximum atomic E-state index is 13.3. The fraction of sp³-hybridized carbons (Fsp3) is 0.552. The van der Waals surface area contributed by atoms with Gasteiger partial charge in [0.1, 0.15) is 0 Å². The minimum Gasteiger partial charge on any atom is -0.385 e. The summed E-state index contributed by atoms with van der Waals surface area (Å²) >= 11 is 0. The van der Waals surface area contributed by atoms with Crippen LogP contribution in [0, 0.1) is 11.8 Å². The van der Waals surface area contributed by atoms with Crippen LogP contribution in [0.4, 0.5) is 0 Å². The number of benzene rings is 2. The highest BCUT2D eigenvalue weighted by Crippen LogP contribution is 2.44. The predicted octanol–water partition coefficient (Wildman–Crippen LogP) is 4.72. The number of carbonyl (C=O) groups is 1. The van der Waals surface area contributed by atoms with Gasteiger partial charge >= 0.3 is 0 Å². The van der Waals surface area contributed by atoms with Crippen LogP contribution in [0.15, 0.2) is 54.6 Å². The van der Waals surface area contributed by atoms with Crippen LogP contribution in [0.1, 0.15) is 56.9 Å². The number of amides is 1. The molecule has 0 aromatic heterocycles. The first-order valence-corrected chi connectivity index (χ1v) is 12.9. The standard InChI is InChI=1S/C29H40N2O3/c1-34-19-8-7-17-29(33,27-14-6-5-13-26(27)22-10-3-2-4-11-22)24-12-9-18-31(21-24)28(32)23-15-16-25(30)20-23/h2-6,10-11,13-14,23-25,33H,7-9,12,15-21,30H2,1H3/t23?,24-,25+,29+/m1/s1. The lowest BCUT2D eigenvalue weighted by atomic mass is 9.72. The Labute approximate surface area is 204 Å². The Morgan fingerprint density at radius 1 is 1.09 bits per heavy atom. The van der Waals surface area contributed by atoms with Crippen molar-refractivity contribution < 1.29 is 14.6 Å². The molecule has 2 aliphatic rings. The van der Waals surface area contributed by atoms with Crippen LogP contribution in [0.25, 0.3) is 11.1 Å². The molecule has 0 radical (unpaired) electrons. The molecule has 5 heteroatoms. The van der Waals surface area contributed by atoms with Crippen molar-refractivity contribution in [3.8, 4) is 11.1 Å². The largest absolute Gasteiger partial charge is 0.385 e. The highest BCUT2D eigenvalue weighted by molar-refractivity contribution is 5.79. The molecule has 4 atom stereocenters. The molecule has 1 amide bonds. The first-order chi connectivity index (χ1) is 16.5. The zero-order valence-corrected chi connectivity index (χ0v) is 20.5. The van der Waals surface area contributed by atoms with Crippen LogP contribution in [0.3, 0.4) is 0 Å². The molecule has 1 aliphatic carbocycles. The molecule has 1 saturated carbocycles. The number of rotatable bonds is 9. The van der Waals surface area contributed by atoms with Gasteiger partial charge in [0.05, 0.1) is 5.60 Å². The Morgan fingerprint density at radius 3 is 2.59 bits per heavy atom. The number of carbonyl (C=O) groups excluding carboxylic acids is 1. The summed E-state index contributed by atoms with van der Waals surface area (Å²) in [5.74, 6) is 0.267. The van der Waals surface area contributed by atoms with Crippen LogP contribution in [0.2, 0.25) is 0 Å². The van der Waals surface area contributed by atoms with E-state index in [1.807, 2.05) is 35.2 Å². The van der Waals surface area contributed by atoms with Crippen LogP contribution in [0.5, 0.6) is 0 Å². The molecule has 34 heavy (non-hydrogen) atoms. The van der Waals surface area contributed by atoms with E-state index >= 15 is 0 Å². The minimum atomic E-state index is -1.01. The van der Waals surface area contributed by atoms with Crippen molar-refractivity contribution in [1.29, 1.82) is 0 Å². The quantitative estimate of drug-likeness (QED) is 0.527. The summed E-state index contributed by atoms with van der Waals surface area (Å²) in [4.78, 5) is 15.3. The van der Waals surface area contributed by atoms with Gasteiger partial charge < -0.3 is 20.5 Å². The van der Waals surface area contributed by atoms with E-state index in [1.54, 1.807) is 7.11 Å². The summed E-state index contributed by atoms with van der Waals surface area (Å²) in [7, 11) is 1.72. The minimum absolute atomic E-state index is 0.00677. The van der Waals surface area contributed by atoms with Crippen molar-refractivity contribution in [3.63, 3.8) is 0 Å². The molecule has 2 fully saturated rings. The summed E-state index contributed by atoms with van der Waals surface area (Å²) in [6.45, 7) is 2.07. The molecule has 4 rings (SSSR count).